The van der Waals surface area contributed by atoms with Gasteiger partial charge in [0.05, 0.1) is 33.6 Å². The van der Waals surface area contributed by atoms with Crippen molar-refractivity contribution in [2.45, 2.75) is 32.6 Å². The number of aryl methyl sites for hydroxylation is 1. The number of carbonyl (C=O) groups is 1. The van der Waals surface area contributed by atoms with E-state index in [1.807, 2.05) is 17.0 Å². The van der Waals surface area contributed by atoms with Gasteiger partial charge in [-0.05, 0) is 30.9 Å². The highest BCUT2D eigenvalue weighted by Crippen LogP contribution is 2.30. The van der Waals surface area contributed by atoms with Crippen LogP contribution in [0.3, 0.4) is 0 Å². The Morgan fingerprint density at radius 3 is 2.96 bits per heavy atom. The van der Waals surface area contributed by atoms with Crippen molar-refractivity contribution in [3.63, 3.8) is 0 Å². The Morgan fingerprint density at radius 2 is 2.19 bits per heavy atom. The molecule has 0 aliphatic carbocycles. The lowest BCUT2D eigenvalue weighted by atomic mass is 10.0. The third-order valence-electron chi connectivity index (χ3n) is 4.56. The van der Waals surface area contributed by atoms with Crippen molar-refractivity contribution in [2.24, 2.45) is 0 Å². The maximum atomic E-state index is 12.6. The first kappa shape index (κ1) is 18.9. The molecular weight excluding hydrogens is 371 g/mol. The number of carbonyl (C=O) groups excluding carboxylic acids is 1. The fourth-order valence-electron chi connectivity index (χ4n) is 3.19. The van der Waals surface area contributed by atoms with Crippen molar-refractivity contribution in [3.8, 4) is 0 Å². The van der Waals surface area contributed by atoms with Gasteiger partial charge in [0.2, 0.25) is 0 Å². The summed E-state index contributed by atoms with van der Waals surface area (Å²) in [5, 5.41) is 4.21. The summed E-state index contributed by atoms with van der Waals surface area (Å²) in [4.78, 5) is 14.6. The van der Waals surface area contributed by atoms with E-state index in [0.29, 0.717) is 22.2 Å². The molecule has 1 amide bonds. The Morgan fingerprint density at radius 1 is 1.35 bits per heavy atom. The molecular formula is C19H24Cl2N4O. The molecule has 0 radical (unpaired) electrons. The molecule has 1 aromatic carbocycles. The van der Waals surface area contributed by atoms with Crippen LogP contribution in [0.25, 0.3) is 0 Å². The van der Waals surface area contributed by atoms with Crippen molar-refractivity contribution in [2.75, 3.05) is 30.4 Å². The molecule has 2 aliphatic rings. The van der Waals surface area contributed by atoms with E-state index < -0.39 is 0 Å². The molecule has 3 N–H and O–H groups in total. The van der Waals surface area contributed by atoms with Gasteiger partial charge in [-0.15, -0.1) is 0 Å². The van der Waals surface area contributed by atoms with Gasteiger partial charge in [-0.1, -0.05) is 48.7 Å². The van der Waals surface area contributed by atoms with Crippen molar-refractivity contribution < 1.29 is 4.79 Å². The van der Waals surface area contributed by atoms with Gasteiger partial charge in [-0.2, -0.15) is 0 Å². The van der Waals surface area contributed by atoms with Crippen LogP contribution in [0.5, 0.6) is 0 Å². The first-order valence-electron chi connectivity index (χ1n) is 9.02. The monoisotopic (exact) mass is 394 g/mol. The van der Waals surface area contributed by atoms with Crippen molar-refractivity contribution >= 4 is 40.5 Å². The van der Waals surface area contributed by atoms with Gasteiger partial charge in [-0.3, -0.25) is 15.6 Å². The fourth-order valence-corrected chi connectivity index (χ4v) is 3.92. The second kappa shape index (κ2) is 8.69. The van der Waals surface area contributed by atoms with Gasteiger partial charge in [0.1, 0.15) is 0 Å². The highest BCUT2D eigenvalue weighted by Gasteiger charge is 2.24. The predicted octanol–water partition coefficient (Wildman–Crippen LogP) is 4.18. The van der Waals surface area contributed by atoms with E-state index in [0.717, 1.165) is 50.1 Å². The summed E-state index contributed by atoms with van der Waals surface area (Å²) in [7, 11) is 0. The molecule has 0 fully saturated rings. The van der Waals surface area contributed by atoms with Gasteiger partial charge in [0, 0.05) is 19.3 Å². The molecule has 0 atom stereocenters. The maximum Gasteiger partial charge on any atom is 0.272 e. The Labute approximate surface area is 164 Å². The number of para-hydroxylation sites is 1. The second-order valence-electron chi connectivity index (χ2n) is 6.53. The lowest BCUT2D eigenvalue weighted by molar-refractivity contribution is -0.116. The molecule has 140 valence electrons. The van der Waals surface area contributed by atoms with Gasteiger partial charge >= 0.3 is 0 Å². The third kappa shape index (κ3) is 4.27. The lowest BCUT2D eigenvalue weighted by Crippen LogP contribution is -2.34. The summed E-state index contributed by atoms with van der Waals surface area (Å²) in [6.45, 7) is 4.44. The largest absolute Gasteiger partial charge is 0.383 e. The van der Waals surface area contributed by atoms with Crippen molar-refractivity contribution in [3.05, 3.63) is 45.6 Å². The van der Waals surface area contributed by atoms with Gasteiger partial charge in [0.25, 0.3) is 5.91 Å². The minimum atomic E-state index is -0.334. The van der Waals surface area contributed by atoms with Crippen LogP contribution in [0, 0.1) is 0 Å². The zero-order chi connectivity index (χ0) is 18.5. The van der Waals surface area contributed by atoms with Crippen LogP contribution in [0.2, 0.25) is 0 Å². The average Bonchev–Trinajstić information content (AvgIpc) is 2.64. The summed E-state index contributed by atoms with van der Waals surface area (Å²) in [5.41, 5.74) is 9.17. The van der Waals surface area contributed by atoms with E-state index in [9.17, 15) is 4.79 Å². The first-order chi connectivity index (χ1) is 12.6. The Kier molecular flexibility index (Phi) is 6.33. The van der Waals surface area contributed by atoms with E-state index in [2.05, 4.69) is 29.2 Å². The number of anilines is 2. The number of unbranched alkanes of at least 4 members (excludes halogenated alkanes) is 1. The van der Waals surface area contributed by atoms with Crippen LogP contribution in [0.1, 0.15) is 31.7 Å². The highest BCUT2D eigenvalue weighted by atomic mass is 35.5. The topological polar surface area (TPSA) is 56.4 Å². The van der Waals surface area contributed by atoms with E-state index in [4.69, 9.17) is 23.2 Å². The van der Waals surface area contributed by atoms with E-state index in [1.54, 1.807) is 6.20 Å². The molecule has 3 rings (SSSR count). The number of hydrazine groups is 1. The number of hydrogen-bond donors (Lipinski definition) is 3. The molecule has 0 bridgehead atoms. The van der Waals surface area contributed by atoms with Crippen molar-refractivity contribution in [1.82, 2.24) is 10.3 Å². The van der Waals surface area contributed by atoms with E-state index in [1.165, 1.54) is 5.56 Å². The zero-order valence-electron chi connectivity index (χ0n) is 14.9. The Hall–Kier alpha value is -1.85. The van der Waals surface area contributed by atoms with Gasteiger partial charge in [-0.25, -0.2) is 0 Å². The van der Waals surface area contributed by atoms with Crippen LogP contribution in [-0.2, 0) is 11.2 Å². The molecule has 2 heterocycles. The Balaban J connectivity index is 1.66. The number of nitrogens with zero attached hydrogens (tertiary/aromatic N) is 1. The lowest BCUT2D eigenvalue weighted by Gasteiger charge is -2.26. The number of nitrogens with one attached hydrogen (secondary N) is 3. The SMILES string of the molecule is CCCCN1C=C(Cl)C(C(=O)NNc2cccc3c2NCCC3)=C(Cl)C1. The number of amides is 1. The minimum absolute atomic E-state index is 0.325. The number of halogens is 2. The summed E-state index contributed by atoms with van der Waals surface area (Å²) >= 11 is 12.7. The number of rotatable bonds is 6. The zero-order valence-corrected chi connectivity index (χ0v) is 16.4. The van der Waals surface area contributed by atoms with E-state index in [-0.39, 0.29) is 5.91 Å². The van der Waals surface area contributed by atoms with Crippen LogP contribution in [0.4, 0.5) is 11.4 Å². The average molecular weight is 395 g/mol. The first-order valence-corrected chi connectivity index (χ1v) is 9.78. The van der Waals surface area contributed by atoms with Crippen molar-refractivity contribution in [1.29, 1.82) is 0 Å². The normalized spacial score (nSPS) is 16.6. The molecule has 7 heteroatoms. The smallest absolute Gasteiger partial charge is 0.272 e. The standard InChI is InChI=1S/C19H24Cl2N4O/c1-2-3-10-25-11-14(20)17(15(21)12-25)19(26)24-23-16-8-4-6-13-7-5-9-22-18(13)16/h4,6,8,11,22-23H,2-3,5,7,9-10,12H2,1H3,(H,24,26). The highest BCUT2D eigenvalue weighted by molar-refractivity contribution is 6.40. The Bertz CT molecular complexity index is 745. The van der Waals surface area contributed by atoms with Crippen LogP contribution in [-0.4, -0.2) is 30.4 Å². The van der Waals surface area contributed by atoms with Gasteiger partial charge in [0.15, 0.2) is 0 Å². The van der Waals surface area contributed by atoms with E-state index >= 15 is 0 Å². The summed E-state index contributed by atoms with van der Waals surface area (Å²) in [6, 6.07) is 6.00. The number of hydrogen-bond acceptors (Lipinski definition) is 4. The number of fused-ring (bicyclic) bond motifs is 1. The molecule has 5 nitrogen and oxygen atoms in total. The molecule has 1 aromatic rings. The number of benzene rings is 1. The molecule has 0 aromatic heterocycles. The fraction of sp³-hybridized carbons (Fsp3) is 0.421. The molecule has 0 spiro atoms. The minimum Gasteiger partial charge on any atom is -0.383 e. The quantitative estimate of drug-likeness (QED) is 0.633. The molecule has 0 saturated heterocycles. The van der Waals surface area contributed by atoms with Crippen LogP contribution in [0.15, 0.2) is 40.0 Å². The molecule has 26 heavy (non-hydrogen) atoms. The van der Waals surface area contributed by atoms with Crippen LogP contribution < -0.4 is 16.2 Å². The molecule has 0 saturated carbocycles. The maximum absolute atomic E-state index is 12.6. The summed E-state index contributed by atoms with van der Waals surface area (Å²) in [6.07, 6.45) is 6.09. The molecule has 0 unspecified atom stereocenters. The third-order valence-corrected chi connectivity index (χ3v) is 5.16. The molecule has 2 aliphatic heterocycles. The second-order valence-corrected chi connectivity index (χ2v) is 7.39. The predicted molar refractivity (Wildman–Crippen MR) is 108 cm³/mol. The van der Waals surface area contributed by atoms with Crippen LogP contribution >= 0.6 is 23.2 Å². The summed E-state index contributed by atoms with van der Waals surface area (Å²) in [5.74, 6) is -0.334. The van der Waals surface area contributed by atoms with Gasteiger partial charge < -0.3 is 10.2 Å². The summed E-state index contributed by atoms with van der Waals surface area (Å²) < 4.78 is 0.